The maximum atomic E-state index is 11.8. The smallest absolute Gasteiger partial charge is 0.238 e. The van der Waals surface area contributed by atoms with Gasteiger partial charge in [-0.2, -0.15) is 0 Å². The third kappa shape index (κ3) is 6.74. The molecule has 0 radical (unpaired) electrons. The number of hydrogen-bond donors (Lipinski definition) is 2. The Morgan fingerprint density at radius 3 is 2.50 bits per heavy atom. The van der Waals surface area contributed by atoms with Gasteiger partial charge in [-0.1, -0.05) is 18.2 Å². The maximum absolute atomic E-state index is 11.8. The predicted molar refractivity (Wildman–Crippen MR) is 99.5 cm³/mol. The summed E-state index contributed by atoms with van der Waals surface area (Å²) in [5, 5.41) is 5.96. The summed E-state index contributed by atoms with van der Waals surface area (Å²) in [7, 11) is 0. The van der Waals surface area contributed by atoms with E-state index in [0.717, 1.165) is 18.2 Å². The van der Waals surface area contributed by atoms with Crippen LogP contribution in [0.25, 0.3) is 0 Å². The number of ether oxygens (including phenoxy) is 1. The van der Waals surface area contributed by atoms with Gasteiger partial charge in [0.15, 0.2) is 0 Å². The molecule has 2 N–H and O–H groups in total. The topological polar surface area (TPSA) is 63.2 Å². The molecule has 0 saturated heterocycles. The number of benzene rings is 1. The quantitative estimate of drug-likeness (QED) is 0.781. The van der Waals surface area contributed by atoms with E-state index in [1.54, 1.807) is 18.3 Å². The molecule has 0 atom stereocenters. The first-order valence-corrected chi connectivity index (χ1v) is 7.49. The number of hydrogen-bond acceptors (Lipinski definition) is 4. The molecule has 1 fully saturated rings. The fraction of sp³-hybridized carbons (Fsp3) is 0.294. The molecule has 1 aromatic heterocycles. The molecule has 1 saturated carbocycles. The third-order valence-electron chi connectivity index (χ3n) is 3.40. The largest absolute Gasteiger partial charge is 0.439 e. The lowest BCUT2D eigenvalue weighted by atomic mass is 10.3. The van der Waals surface area contributed by atoms with E-state index >= 15 is 0 Å². The first kappa shape index (κ1) is 20.2. The van der Waals surface area contributed by atoms with Crippen molar-refractivity contribution in [2.45, 2.75) is 12.8 Å². The zero-order chi connectivity index (χ0) is 15.2. The van der Waals surface area contributed by atoms with Crippen molar-refractivity contribution in [2.24, 2.45) is 5.92 Å². The second-order valence-corrected chi connectivity index (χ2v) is 5.42. The molecule has 1 amide bonds. The molecule has 1 aromatic carbocycles. The lowest BCUT2D eigenvalue weighted by Gasteiger charge is -2.07. The molecule has 7 heteroatoms. The van der Waals surface area contributed by atoms with Crippen molar-refractivity contribution in [1.82, 2.24) is 10.3 Å². The van der Waals surface area contributed by atoms with Gasteiger partial charge in [0.25, 0.3) is 0 Å². The molecule has 0 unspecified atom stereocenters. The first-order chi connectivity index (χ1) is 10.8. The monoisotopic (exact) mass is 369 g/mol. The summed E-state index contributed by atoms with van der Waals surface area (Å²) in [6, 6.07) is 13.0. The number of halogens is 2. The molecular formula is C17H21Cl2N3O2. The van der Waals surface area contributed by atoms with Crippen molar-refractivity contribution in [1.29, 1.82) is 0 Å². The summed E-state index contributed by atoms with van der Waals surface area (Å²) in [6.45, 7) is 1.26. The Kier molecular flexibility index (Phi) is 8.54. The molecule has 5 nitrogen and oxygen atoms in total. The van der Waals surface area contributed by atoms with Crippen LogP contribution in [-0.4, -0.2) is 24.0 Å². The second-order valence-electron chi connectivity index (χ2n) is 5.42. The molecule has 2 aromatic rings. The van der Waals surface area contributed by atoms with E-state index in [2.05, 4.69) is 15.6 Å². The number of anilines is 1. The fourth-order valence-electron chi connectivity index (χ4n) is 2.04. The van der Waals surface area contributed by atoms with E-state index in [9.17, 15) is 4.79 Å². The molecule has 3 rings (SSSR count). The molecule has 1 heterocycles. The van der Waals surface area contributed by atoms with Crippen LogP contribution in [0.3, 0.4) is 0 Å². The number of carbonyl (C=O) groups is 1. The van der Waals surface area contributed by atoms with Crippen LogP contribution in [0.1, 0.15) is 12.8 Å². The van der Waals surface area contributed by atoms with Crippen molar-refractivity contribution in [3.63, 3.8) is 0 Å². The van der Waals surface area contributed by atoms with Crippen LogP contribution >= 0.6 is 24.8 Å². The van der Waals surface area contributed by atoms with Gasteiger partial charge in [0.05, 0.1) is 18.4 Å². The normalized spacial score (nSPS) is 12.5. The van der Waals surface area contributed by atoms with E-state index < -0.39 is 0 Å². The van der Waals surface area contributed by atoms with Crippen LogP contribution in [0.5, 0.6) is 11.6 Å². The van der Waals surface area contributed by atoms with Crippen molar-refractivity contribution in [2.75, 3.05) is 18.4 Å². The van der Waals surface area contributed by atoms with Gasteiger partial charge in [0.1, 0.15) is 5.75 Å². The van der Waals surface area contributed by atoms with Crippen LogP contribution in [0, 0.1) is 5.92 Å². The summed E-state index contributed by atoms with van der Waals surface area (Å²) in [5.41, 5.74) is 0.665. The number of carbonyl (C=O) groups excluding carboxylic acids is 1. The molecule has 1 aliphatic carbocycles. The minimum Gasteiger partial charge on any atom is -0.439 e. The fourth-order valence-corrected chi connectivity index (χ4v) is 2.04. The summed E-state index contributed by atoms with van der Waals surface area (Å²) < 4.78 is 5.60. The number of amides is 1. The maximum Gasteiger partial charge on any atom is 0.238 e. The Morgan fingerprint density at radius 2 is 1.88 bits per heavy atom. The van der Waals surface area contributed by atoms with E-state index in [4.69, 9.17) is 4.74 Å². The highest BCUT2D eigenvalue weighted by Crippen LogP contribution is 2.27. The highest BCUT2D eigenvalue weighted by molar-refractivity contribution is 5.92. The molecule has 1 aliphatic rings. The van der Waals surface area contributed by atoms with Gasteiger partial charge in [-0.3, -0.25) is 4.79 Å². The standard InChI is InChI=1S/C17H19N3O2.2ClH/c21-16(12-18-10-13-6-7-13)20-14-8-9-17(19-11-14)22-15-4-2-1-3-5-15;;/h1-5,8-9,11,13,18H,6-7,10,12H2,(H,20,21);2*1H. The number of nitrogens with one attached hydrogen (secondary N) is 2. The average molecular weight is 370 g/mol. The number of para-hydroxylation sites is 1. The number of pyridine rings is 1. The average Bonchev–Trinajstić information content (AvgIpc) is 3.35. The molecule has 130 valence electrons. The molecule has 0 bridgehead atoms. The second kappa shape index (κ2) is 10.1. The zero-order valence-corrected chi connectivity index (χ0v) is 14.7. The SMILES string of the molecule is Cl.Cl.O=C(CNCC1CC1)Nc1ccc(Oc2ccccc2)nc1. The Morgan fingerprint density at radius 1 is 1.12 bits per heavy atom. The van der Waals surface area contributed by atoms with Gasteiger partial charge >= 0.3 is 0 Å². The Bertz CT molecular complexity index is 619. The number of nitrogens with zero attached hydrogens (tertiary/aromatic N) is 1. The Labute approximate surface area is 154 Å². The highest BCUT2D eigenvalue weighted by Gasteiger charge is 2.20. The summed E-state index contributed by atoms with van der Waals surface area (Å²) in [6.07, 6.45) is 4.15. The minimum atomic E-state index is -0.0563. The van der Waals surface area contributed by atoms with Gasteiger partial charge in [-0.05, 0) is 43.5 Å². The predicted octanol–water partition coefficient (Wildman–Crippen LogP) is 3.66. The van der Waals surface area contributed by atoms with Crippen LogP contribution in [0.2, 0.25) is 0 Å². The van der Waals surface area contributed by atoms with Crippen molar-refractivity contribution in [3.05, 3.63) is 48.7 Å². The van der Waals surface area contributed by atoms with Crippen LogP contribution < -0.4 is 15.4 Å². The first-order valence-electron chi connectivity index (χ1n) is 7.49. The molecule has 0 aliphatic heterocycles. The lowest BCUT2D eigenvalue weighted by Crippen LogP contribution is -2.29. The van der Waals surface area contributed by atoms with Crippen molar-refractivity contribution < 1.29 is 9.53 Å². The van der Waals surface area contributed by atoms with Gasteiger partial charge in [0.2, 0.25) is 11.8 Å². The number of aromatic nitrogens is 1. The minimum absolute atomic E-state index is 0. The van der Waals surface area contributed by atoms with Crippen LogP contribution in [-0.2, 0) is 4.79 Å². The van der Waals surface area contributed by atoms with Crippen LogP contribution in [0.4, 0.5) is 5.69 Å². The molecule has 0 spiro atoms. The van der Waals surface area contributed by atoms with Gasteiger partial charge in [-0.25, -0.2) is 4.98 Å². The van der Waals surface area contributed by atoms with Gasteiger partial charge in [0, 0.05) is 6.07 Å². The molecular weight excluding hydrogens is 349 g/mol. The third-order valence-corrected chi connectivity index (χ3v) is 3.40. The van der Waals surface area contributed by atoms with E-state index in [-0.39, 0.29) is 30.7 Å². The summed E-state index contributed by atoms with van der Waals surface area (Å²) >= 11 is 0. The van der Waals surface area contributed by atoms with Gasteiger partial charge < -0.3 is 15.4 Å². The zero-order valence-electron chi connectivity index (χ0n) is 13.1. The number of rotatable bonds is 7. The lowest BCUT2D eigenvalue weighted by molar-refractivity contribution is -0.115. The highest BCUT2D eigenvalue weighted by atomic mass is 35.5. The van der Waals surface area contributed by atoms with Crippen molar-refractivity contribution in [3.8, 4) is 11.6 Å². The van der Waals surface area contributed by atoms with E-state index in [1.165, 1.54) is 12.8 Å². The Balaban J connectivity index is 0.00000144. The Hall–Kier alpha value is -1.82. The van der Waals surface area contributed by atoms with Crippen molar-refractivity contribution >= 4 is 36.4 Å². The molecule has 24 heavy (non-hydrogen) atoms. The summed E-state index contributed by atoms with van der Waals surface area (Å²) in [4.78, 5) is 15.9. The van der Waals surface area contributed by atoms with Gasteiger partial charge in [-0.15, -0.1) is 24.8 Å². The van der Waals surface area contributed by atoms with E-state index in [0.29, 0.717) is 18.1 Å². The van der Waals surface area contributed by atoms with E-state index in [1.807, 2.05) is 30.3 Å². The summed E-state index contributed by atoms with van der Waals surface area (Å²) in [5.74, 6) is 1.94. The van der Waals surface area contributed by atoms with Crippen LogP contribution in [0.15, 0.2) is 48.7 Å².